The Bertz CT molecular complexity index is 636. The molecule has 2 N–H and O–H groups in total. The van der Waals surface area contributed by atoms with Crippen LogP contribution < -0.4 is 5.32 Å². The van der Waals surface area contributed by atoms with Crippen LogP contribution in [-0.2, 0) is 5.88 Å². The smallest absolute Gasteiger partial charge is 0.255 e. The zero-order valence-corrected chi connectivity index (χ0v) is 12.4. The van der Waals surface area contributed by atoms with Crippen molar-refractivity contribution in [3.63, 3.8) is 0 Å². The van der Waals surface area contributed by atoms with Crippen LogP contribution in [0.4, 0.5) is 5.69 Å². The van der Waals surface area contributed by atoms with Gasteiger partial charge in [0, 0.05) is 17.1 Å². The number of hydrogen-bond donors (Lipinski definition) is 2. The largest absolute Gasteiger partial charge is 0.505 e. The number of amides is 1. The number of phenols is 1. The summed E-state index contributed by atoms with van der Waals surface area (Å²) in [6.07, 6.45) is 0. The Hall–Kier alpha value is -1.42. The first-order valence-electron chi connectivity index (χ1n) is 5.65. The van der Waals surface area contributed by atoms with E-state index in [1.165, 1.54) is 12.1 Å². The number of anilines is 1. The summed E-state index contributed by atoms with van der Waals surface area (Å²) in [5.41, 5.74) is 1.73. The van der Waals surface area contributed by atoms with Crippen LogP contribution in [0.3, 0.4) is 0 Å². The summed E-state index contributed by atoms with van der Waals surface area (Å²) in [6.45, 7) is 0. The monoisotopic (exact) mass is 329 g/mol. The van der Waals surface area contributed by atoms with Crippen molar-refractivity contribution in [3.05, 3.63) is 57.6 Å². The summed E-state index contributed by atoms with van der Waals surface area (Å²) in [6, 6.07) is 9.81. The molecule has 0 aromatic heterocycles. The maximum atomic E-state index is 12.1. The Kier molecular flexibility index (Phi) is 4.76. The average Bonchev–Trinajstić information content (AvgIpc) is 2.44. The van der Waals surface area contributed by atoms with Gasteiger partial charge in [-0.3, -0.25) is 4.79 Å². The molecule has 104 valence electrons. The van der Waals surface area contributed by atoms with Gasteiger partial charge in [0.25, 0.3) is 5.91 Å². The molecule has 2 aromatic carbocycles. The van der Waals surface area contributed by atoms with Gasteiger partial charge in [-0.15, -0.1) is 11.6 Å². The molecule has 3 nitrogen and oxygen atoms in total. The number of alkyl halides is 1. The summed E-state index contributed by atoms with van der Waals surface area (Å²) in [7, 11) is 0. The molecule has 0 heterocycles. The van der Waals surface area contributed by atoms with Crippen molar-refractivity contribution in [2.45, 2.75) is 5.88 Å². The first kappa shape index (κ1) is 15.0. The number of aromatic hydroxyl groups is 1. The van der Waals surface area contributed by atoms with Crippen LogP contribution in [0.5, 0.6) is 5.75 Å². The van der Waals surface area contributed by atoms with Crippen molar-refractivity contribution in [1.29, 1.82) is 0 Å². The lowest BCUT2D eigenvalue weighted by molar-refractivity contribution is 0.102. The van der Waals surface area contributed by atoms with Gasteiger partial charge in [-0.2, -0.15) is 0 Å². The third-order valence-electron chi connectivity index (χ3n) is 2.62. The standard InChI is InChI=1S/C14H10Cl3NO2/c15-7-8-2-1-3-9(4-8)14(20)18-10-5-11(16)13(19)12(17)6-10/h1-6,19H,7H2,(H,18,20). The van der Waals surface area contributed by atoms with E-state index in [0.717, 1.165) is 5.56 Å². The highest BCUT2D eigenvalue weighted by Crippen LogP contribution is 2.34. The fraction of sp³-hybridized carbons (Fsp3) is 0.0714. The van der Waals surface area contributed by atoms with Gasteiger partial charge in [-0.1, -0.05) is 35.3 Å². The summed E-state index contributed by atoms with van der Waals surface area (Å²) >= 11 is 17.3. The van der Waals surface area contributed by atoms with Gasteiger partial charge < -0.3 is 10.4 Å². The predicted octanol–water partition coefficient (Wildman–Crippen LogP) is 4.69. The van der Waals surface area contributed by atoms with E-state index in [2.05, 4.69) is 5.32 Å². The number of phenolic OH excluding ortho intramolecular Hbond substituents is 1. The SMILES string of the molecule is O=C(Nc1cc(Cl)c(O)c(Cl)c1)c1cccc(CCl)c1. The lowest BCUT2D eigenvalue weighted by atomic mass is 10.1. The highest BCUT2D eigenvalue weighted by Gasteiger charge is 2.10. The molecule has 1 amide bonds. The Morgan fingerprint density at radius 3 is 2.40 bits per heavy atom. The molecule has 6 heteroatoms. The van der Waals surface area contributed by atoms with E-state index in [1.807, 2.05) is 6.07 Å². The third-order valence-corrected chi connectivity index (χ3v) is 3.50. The van der Waals surface area contributed by atoms with Gasteiger partial charge in [0.05, 0.1) is 10.0 Å². The topological polar surface area (TPSA) is 49.3 Å². The molecular formula is C14H10Cl3NO2. The number of carbonyl (C=O) groups excluding carboxylic acids is 1. The zero-order chi connectivity index (χ0) is 14.7. The molecule has 0 unspecified atom stereocenters. The van der Waals surface area contributed by atoms with Crippen LogP contribution in [-0.4, -0.2) is 11.0 Å². The second-order valence-electron chi connectivity index (χ2n) is 4.08. The first-order chi connectivity index (χ1) is 9.51. The van der Waals surface area contributed by atoms with E-state index < -0.39 is 0 Å². The van der Waals surface area contributed by atoms with Crippen molar-refractivity contribution in [2.24, 2.45) is 0 Å². The van der Waals surface area contributed by atoms with Gasteiger partial charge >= 0.3 is 0 Å². The number of benzene rings is 2. The minimum Gasteiger partial charge on any atom is -0.505 e. The van der Waals surface area contributed by atoms with E-state index in [-0.39, 0.29) is 21.7 Å². The minimum absolute atomic E-state index is 0.0716. The summed E-state index contributed by atoms with van der Waals surface area (Å²) < 4.78 is 0. The number of carbonyl (C=O) groups is 1. The van der Waals surface area contributed by atoms with Gasteiger partial charge in [-0.05, 0) is 29.8 Å². The van der Waals surface area contributed by atoms with Gasteiger partial charge in [-0.25, -0.2) is 0 Å². The Labute approximate surface area is 131 Å². The second kappa shape index (κ2) is 6.35. The minimum atomic E-state index is -0.310. The fourth-order valence-corrected chi connectivity index (χ4v) is 2.29. The van der Waals surface area contributed by atoms with Gasteiger partial charge in [0.2, 0.25) is 0 Å². The summed E-state index contributed by atoms with van der Waals surface area (Å²) in [4.78, 5) is 12.1. The van der Waals surface area contributed by atoms with Crippen molar-refractivity contribution < 1.29 is 9.90 Å². The average molecular weight is 331 g/mol. The molecule has 0 saturated carbocycles. The third kappa shape index (κ3) is 3.37. The molecule has 20 heavy (non-hydrogen) atoms. The summed E-state index contributed by atoms with van der Waals surface area (Å²) in [5, 5.41) is 12.3. The fourth-order valence-electron chi connectivity index (χ4n) is 1.64. The molecule has 2 aromatic rings. The van der Waals surface area contributed by atoms with Crippen LogP contribution in [0.2, 0.25) is 10.0 Å². The lowest BCUT2D eigenvalue weighted by Gasteiger charge is -2.08. The molecule has 0 radical (unpaired) electrons. The molecule has 0 bridgehead atoms. The van der Waals surface area contributed by atoms with E-state index in [9.17, 15) is 9.90 Å². The zero-order valence-electron chi connectivity index (χ0n) is 10.2. The van der Waals surface area contributed by atoms with Gasteiger partial charge in [0.1, 0.15) is 0 Å². The number of nitrogens with one attached hydrogen (secondary N) is 1. The highest BCUT2D eigenvalue weighted by molar-refractivity contribution is 6.37. The van der Waals surface area contributed by atoms with E-state index in [0.29, 0.717) is 17.1 Å². The molecular weight excluding hydrogens is 321 g/mol. The van der Waals surface area contributed by atoms with Crippen LogP contribution in [0, 0.1) is 0 Å². The van der Waals surface area contributed by atoms with Gasteiger partial charge in [0.15, 0.2) is 5.75 Å². The molecule has 0 saturated heterocycles. The molecule has 0 fully saturated rings. The van der Waals surface area contributed by atoms with E-state index >= 15 is 0 Å². The van der Waals surface area contributed by atoms with Crippen molar-refractivity contribution in [3.8, 4) is 5.75 Å². The molecule has 0 aliphatic carbocycles. The number of halogens is 3. The number of hydrogen-bond acceptors (Lipinski definition) is 2. The predicted molar refractivity (Wildman–Crippen MR) is 82.1 cm³/mol. The molecule has 0 atom stereocenters. The lowest BCUT2D eigenvalue weighted by Crippen LogP contribution is -2.12. The summed E-state index contributed by atoms with van der Waals surface area (Å²) in [5.74, 6) is -0.192. The van der Waals surface area contributed by atoms with E-state index in [1.54, 1.807) is 18.2 Å². The molecule has 2 rings (SSSR count). The highest BCUT2D eigenvalue weighted by atomic mass is 35.5. The Morgan fingerprint density at radius 2 is 1.80 bits per heavy atom. The Balaban J connectivity index is 2.23. The van der Waals surface area contributed by atoms with Crippen molar-refractivity contribution >= 4 is 46.4 Å². The molecule has 0 aliphatic heterocycles. The number of rotatable bonds is 3. The van der Waals surface area contributed by atoms with Crippen molar-refractivity contribution in [2.75, 3.05) is 5.32 Å². The Morgan fingerprint density at radius 1 is 1.15 bits per heavy atom. The quantitative estimate of drug-likeness (QED) is 0.633. The van der Waals surface area contributed by atoms with E-state index in [4.69, 9.17) is 34.8 Å². The normalized spacial score (nSPS) is 10.3. The van der Waals surface area contributed by atoms with Crippen LogP contribution in [0.15, 0.2) is 36.4 Å². The van der Waals surface area contributed by atoms with Crippen LogP contribution >= 0.6 is 34.8 Å². The van der Waals surface area contributed by atoms with Crippen molar-refractivity contribution in [1.82, 2.24) is 0 Å². The first-order valence-corrected chi connectivity index (χ1v) is 6.94. The second-order valence-corrected chi connectivity index (χ2v) is 5.16. The maximum Gasteiger partial charge on any atom is 0.255 e. The maximum absolute atomic E-state index is 12.1. The molecule has 0 aliphatic rings. The van der Waals surface area contributed by atoms with Crippen LogP contribution in [0.1, 0.15) is 15.9 Å². The molecule has 0 spiro atoms. The van der Waals surface area contributed by atoms with Crippen LogP contribution in [0.25, 0.3) is 0 Å².